The van der Waals surface area contributed by atoms with Crippen LogP contribution in [0.5, 0.6) is 5.75 Å². The molecule has 4 nitrogen and oxygen atoms in total. The smallest absolute Gasteiger partial charge is 0.437 e. The maximum absolute atomic E-state index is 11.0. The number of aliphatic hydroxyl groups excluding tert-OH is 1. The van der Waals surface area contributed by atoms with Gasteiger partial charge in [0, 0.05) is 16.2 Å². The van der Waals surface area contributed by atoms with Gasteiger partial charge in [-0.25, -0.2) is 4.79 Å². The minimum absolute atomic E-state index is 0.425. The van der Waals surface area contributed by atoms with Crippen molar-refractivity contribution in [1.29, 1.82) is 0 Å². The number of aliphatic hydroxyl groups is 1. The van der Waals surface area contributed by atoms with Crippen LogP contribution in [0, 0.1) is 6.92 Å². The summed E-state index contributed by atoms with van der Waals surface area (Å²) in [7, 11) is 1.27. The first kappa shape index (κ1) is 11.3. The van der Waals surface area contributed by atoms with Crippen LogP contribution in [0.25, 0.3) is 0 Å². The summed E-state index contributed by atoms with van der Waals surface area (Å²) in [5.74, 6) is 1.13. The van der Waals surface area contributed by atoms with Gasteiger partial charge in [-0.3, -0.25) is 0 Å². The Hall–Kier alpha value is -1.20. The standard InChI is InChI=1S/C11H12O4S/c1-6-9(15-11(13)14-2)4-3-7-8(12)5-16-10(6)7/h3-4,8,12H,5H2,1-2H3. The van der Waals surface area contributed by atoms with Gasteiger partial charge in [-0.2, -0.15) is 0 Å². The normalized spacial score (nSPS) is 18.1. The number of rotatable bonds is 1. The Kier molecular flexibility index (Phi) is 3.07. The molecule has 1 aliphatic rings. The Morgan fingerprint density at radius 1 is 1.56 bits per heavy atom. The number of carbonyl (C=O) groups excluding carboxylic acids is 1. The van der Waals surface area contributed by atoms with E-state index in [0.717, 1.165) is 16.0 Å². The van der Waals surface area contributed by atoms with Crippen molar-refractivity contribution < 1.29 is 19.4 Å². The molecule has 0 fully saturated rings. The summed E-state index contributed by atoms with van der Waals surface area (Å²) in [6.07, 6.45) is -1.16. The molecule has 0 aliphatic carbocycles. The van der Waals surface area contributed by atoms with Gasteiger partial charge in [0.05, 0.1) is 13.2 Å². The highest BCUT2D eigenvalue weighted by atomic mass is 32.2. The van der Waals surface area contributed by atoms with Crippen molar-refractivity contribution in [3.8, 4) is 5.75 Å². The van der Waals surface area contributed by atoms with Gasteiger partial charge in [0.25, 0.3) is 0 Å². The molecule has 0 amide bonds. The zero-order chi connectivity index (χ0) is 11.7. The Morgan fingerprint density at radius 3 is 3.00 bits per heavy atom. The maximum Gasteiger partial charge on any atom is 0.513 e. The minimum Gasteiger partial charge on any atom is -0.437 e. The van der Waals surface area contributed by atoms with Gasteiger partial charge in [0.15, 0.2) is 0 Å². The molecule has 1 heterocycles. The molecule has 16 heavy (non-hydrogen) atoms. The highest BCUT2D eigenvalue weighted by Gasteiger charge is 2.24. The van der Waals surface area contributed by atoms with Gasteiger partial charge in [-0.1, -0.05) is 6.07 Å². The summed E-state index contributed by atoms with van der Waals surface area (Å²) in [4.78, 5) is 12.0. The lowest BCUT2D eigenvalue weighted by Gasteiger charge is -2.10. The van der Waals surface area contributed by atoms with Crippen LogP contribution in [0.2, 0.25) is 0 Å². The van der Waals surface area contributed by atoms with Crippen LogP contribution in [-0.2, 0) is 4.74 Å². The first-order chi connectivity index (χ1) is 7.63. The zero-order valence-corrected chi connectivity index (χ0v) is 9.84. The van der Waals surface area contributed by atoms with Gasteiger partial charge in [0.1, 0.15) is 5.75 Å². The second-order valence-corrected chi connectivity index (χ2v) is 4.52. The van der Waals surface area contributed by atoms with Crippen molar-refractivity contribution in [1.82, 2.24) is 0 Å². The lowest BCUT2D eigenvalue weighted by Crippen LogP contribution is -2.08. The molecule has 0 bridgehead atoms. The van der Waals surface area contributed by atoms with Crippen LogP contribution < -0.4 is 4.74 Å². The van der Waals surface area contributed by atoms with Crippen molar-refractivity contribution in [3.05, 3.63) is 23.3 Å². The first-order valence-electron chi connectivity index (χ1n) is 4.83. The van der Waals surface area contributed by atoms with Gasteiger partial charge in [-0.05, 0) is 18.6 Å². The number of hydrogen-bond acceptors (Lipinski definition) is 5. The summed E-state index contributed by atoms with van der Waals surface area (Å²) >= 11 is 1.57. The Morgan fingerprint density at radius 2 is 2.31 bits per heavy atom. The monoisotopic (exact) mass is 240 g/mol. The molecule has 2 rings (SSSR count). The van der Waals surface area contributed by atoms with Gasteiger partial charge in [-0.15, -0.1) is 11.8 Å². The van der Waals surface area contributed by atoms with E-state index in [1.165, 1.54) is 7.11 Å². The van der Waals surface area contributed by atoms with Crippen LogP contribution in [-0.4, -0.2) is 24.1 Å². The van der Waals surface area contributed by atoms with E-state index >= 15 is 0 Å². The molecule has 0 spiro atoms. The Bertz CT molecular complexity index is 430. The van der Waals surface area contributed by atoms with Crippen molar-refractivity contribution in [2.45, 2.75) is 17.9 Å². The van der Waals surface area contributed by atoms with E-state index < -0.39 is 12.3 Å². The zero-order valence-electron chi connectivity index (χ0n) is 9.02. The average Bonchev–Trinajstić information content (AvgIpc) is 2.65. The minimum atomic E-state index is -0.730. The molecule has 1 aromatic carbocycles. The lowest BCUT2D eigenvalue weighted by atomic mass is 10.1. The van der Waals surface area contributed by atoms with E-state index in [1.54, 1.807) is 23.9 Å². The summed E-state index contributed by atoms with van der Waals surface area (Å²) in [6.45, 7) is 1.86. The fraction of sp³-hybridized carbons (Fsp3) is 0.364. The highest BCUT2D eigenvalue weighted by Crippen LogP contribution is 2.43. The number of ether oxygens (including phenoxy) is 2. The molecule has 0 saturated heterocycles. The topological polar surface area (TPSA) is 55.8 Å². The number of methoxy groups -OCH3 is 1. The lowest BCUT2D eigenvalue weighted by molar-refractivity contribution is 0.121. The van der Waals surface area contributed by atoms with E-state index in [0.29, 0.717) is 11.5 Å². The summed E-state index contributed by atoms with van der Waals surface area (Å²) in [5.41, 5.74) is 1.77. The third kappa shape index (κ3) is 1.88. The number of benzene rings is 1. The SMILES string of the molecule is COC(=O)Oc1ccc2c(c1C)SCC2O. The van der Waals surface area contributed by atoms with E-state index in [9.17, 15) is 9.90 Å². The van der Waals surface area contributed by atoms with E-state index in [-0.39, 0.29) is 0 Å². The first-order valence-corrected chi connectivity index (χ1v) is 5.82. The summed E-state index contributed by atoms with van der Waals surface area (Å²) in [6, 6.07) is 3.46. The second-order valence-electron chi connectivity index (χ2n) is 3.49. The molecule has 1 aromatic rings. The molecule has 1 atom stereocenters. The number of thioether (sulfide) groups is 1. The van der Waals surface area contributed by atoms with Gasteiger partial charge in [0.2, 0.25) is 0 Å². The molecule has 0 aromatic heterocycles. The quantitative estimate of drug-likeness (QED) is 0.603. The van der Waals surface area contributed by atoms with Gasteiger partial charge >= 0.3 is 6.16 Å². The van der Waals surface area contributed by atoms with Crippen LogP contribution in [0.1, 0.15) is 17.2 Å². The van der Waals surface area contributed by atoms with Crippen LogP contribution in [0.4, 0.5) is 4.79 Å². The summed E-state index contributed by atoms with van der Waals surface area (Å²) < 4.78 is 9.43. The number of fused-ring (bicyclic) bond motifs is 1. The fourth-order valence-corrected chi connectivity index (χ4v) is 2.83. The predicted octanol–water partition coefficient (Wildman–Crippen LogP) is 2.28. The van der Waals surface area contributed by atoms with Crippen LogP contribution >= 0.6 is 11.8 Å². The Balaban J connectivity index is 2.33. The fourth-order valence-electron chi connectivity index (χ4n) is 1.64. The van der Waals surface area contributed by atoms with E-state index in [1.807, 2.05) is 6.92 Å². The number of hydrogen-bond donors (Lipinski definition) is 1. The Labute approximate surface area is 97.6 Å². The van der Waals surface area contributed by atoms with Crippen molar-refractivity contribution in [3.63, 3.8) is 0 Å². The van der Waals surface area contributed by atoms with Gasteiger partial charge < -0.3 is 14.6 Å². The number of carbonyl (C=O) groups is 1. The molecule has 5 heteroatoms. The molecule has 0 radical (unpaired) electrons. The molecule has 86 valence electrons. The largest absolute Gasteiger partial charge is 0.513 e. The molecular weight excluding hydrogens is 228 g/mol. The predicted molar refractivity (Wildman–Crippen MR) is 59.9 cm³/mol. The molecule has 0 saturated carbocycles. The van der Waals surface area contributed by atoms with Crippen molar-refractivity contribution in [2.24, 2.45) is 0 Å². The average molecular weight is 240 g/mol. The third-order valence-corrected chi connectivity index (χ3v) is 3.80. The molecule has 1 N–H and O–H groups in total. The van der Waals surface area contributed by atoms with E-state index in [4.69, 9.17) is 4.74 Å². The highest BCUT2D eigenvalue weighted by molar-refractivity contribution is 7.99. The molecule has 1 aliphatic heterocycles. The molecular formula is C11H12O4S. The second kappa shape index (κ2) is 4.35. The van der Waals surface area contributed by atoms with Crippen molar-refractivity contribution >= 4 is 17.9 Å². The molecule has 1 unspecified atom stereocenters. The third-order valence-electron chi connectivity index (χ3n) is 2.49. The van der Waals surface area contributed by atoms with Crippen molar-refractivity contribution in [2.75, 3.05) is 12.9 Å². The summed E-state index contributed by atoms with van der Waals surface area (Å²) in [5, 5.41) is 9.67. The van der Waals surface area contributed by atoms with E-state index in [2.05, 4.69) is 4.74 Å². The maximum atomic E-state index is 11.0. The van der Waals surface area contributed by atoms with Crippen LogP contribution in [0.3, 0.4) is 0 Å². The van der Waals surface area contributed by atoms with Crippen LogP contribution in [0.15, 0.2) is 17.0 Å².